The summed E-state index contributed by atoms with van der Waals surface area (Å²) in [5, 5.41) is 0.588. The second-order valence-corrected chi connectivity index (χ2v) is 15.0. The van der Waals surface area contributed by atoms with E-state index in [2.05, 4.69) is 9.71 Å². The van der Waals surface area contributed by atoms with Gasteiger partial charge in [-0.3, -0.25) is 14.4 Å². The summed E-state index contributed by atoms with van der Waals surface area (Å²) >= 11 is 6.04. The van der Waals surface area contributed by atoms with Crippen LogP contribution in [0.1, 0.15) is 60.3 Å². The third-order valence-electron chi connectivity index (χ3n) is 8.87. The number of ether oxygens (including phenoxy) is 1. The van der Waals surface area contributed by atoms with Crippen molar-refractivity contribution in [3.8, 4) is 0 Å². The van der Waals surface area contributed by atoms with Crippen LogP contribution in [-0.4, -0.2) is 73.3 Å². The molecule has 1 aromatic heterocycles. The number of halogens is 1. The molecule has 3 N–H and O–H groups in total. The number of ketones is 2. The number of fused-ring (bicyclic) bond motifs is 1. The lowest BCUT2D eigenvalue weighted by Gasteiger charge is -2.29. The van der Waals surface area contributed by atoms with Crippen LogP contribution in [0.3, 0.4) is 0 Å². The topological polar surface area (TPSA) is 162 Å². The third-order valence-corrected chi connectivity index (χ3v) is 9.83. The Hall–Kier alpha value is -3.94. The van der Waals surface area contributed by atoms with Gasteiger partial charge in [0, 0.05) is 30.3 Å². The van der Waals surface area contributed by atoms with Crippen molar-refractivity contribution < 1.29 is 32.0 Å². The number of amides is 1. The van der Waals surface area contributed by atoms with Gasteiger partial charge in [-0.1, -0.05) is 72.6 Å². The van der Waals surface area contributed by atoms with Gasteiger partial charge in [0.2, 0.25) is 21.7 Å². The number of Topliss-reactive ketones (excluding diaryl/α,β-unsaturated/α-hetero) is 2. The number of nitrogens with zero attached hydrogens (tertiary/aromatic N) is 2. The van der Waals surface area contributed by atoms with Crippen LogP contribution >= 0.6 is 11.6 Å². The smallest absolute Gasteiger partial charge is 0.264 e. The number of para-hydroxylation sites is 2. The molecule has 0 saturated carbocycles. The highest BCUT2D eigenvalue weighted by molar-refractivity contribution is 7.88. The van der Waals surface area contributed by atoms with Crippen molar-refractivity contribution in [2.45, 2.75) is 69.7 Å². The van der Waals surface area contributed by atoms with E-state index in [9.17, 15) is 22.8 Å². The second kappa shape index (κ2) is 17.3. The minimum absolute atomic E-state index is 0.0707. The molecule has 4 aromatic rings. The lowest BCUT2D eigenvalue weighted by molar-refractivity contribution is -0.139. The van der Waals surface area contributed by atoms with Gasteiger partial charge in [-0.05, 0) is 67.6 Å². The van der Waals surface area contributed by atoms with Crippen molar-refractivity contribution in [2.24, 2.45) is 11.7 Å². The molecule has 5 rings (SSSR count). The first-order valence-electron chi connectivity index (χ1n) is 16.8. The number of likely N-dealkylation sites (tertiary alicyclic amines) is 1. The van der Waals surface area contributed by atoms with Crippen molar-refractivity contribution in [1.82, 2.24) is 14.6 Å². The Labute approximate surface area is 297 Å². The van der Waals surface area contributed by atoms with Crippen LogP contribution in [0.4, 0.5) is 0 Å². The lowest BCUT2D eigenvalue weighted by Crippen LogP contribution is -2.52. The molecule has 1 fully saturated rings. The zero-order valence-electron chi connectivity index (χ0n) is 28.0. The first-order valence-corrected chi connectivity index (χ1v) is 19.1. The summed E-state index contributed by atoms with van der Waals surface area (Å²) < 4.78 is 39.3. The quantitative estimate of drug-likeness (QED) is 0.105. The van der Waals surface area contributed by atoms with E-state index in [0.717, 1.165) is 17.4 Å². The number of sulfonamides is 1. The Morgan fingerprint density at radius 1 is 1.00 bits per heavy atom. The highest BCUT2D eigenvalue weighted by atomic mass is 35.5. The second-order valence-electron chi connectivity index (χ2n) is 12.8. The highest BCUT2D eigenvalue weighted by Crippen LogP contribution is 2.29. The Balaban J connectivity index is 1.39. The van der Waals surface area contributed by atoms with Crippen LogP contribution in [-0.2, 0) is 37.4 Å². The van der Waals surface area contributed by atoms with Gasteiger partial charge in [0.1, 0.15) is 11.6 Å². The average molecular weight is 723 g/mol. The maximum atomic E-state index is 14.2. The van der Waals surface area contributed by atoms with Crippen molar-refractivity contribution >= 4 is 50.2 Å². The number of oxazole rings is 1. The molecule has 1 aliphatic rings. The molecule has 13 heteroatoms. The molecular weight excluding hydrogens is 680 g/mol. The first kappa shape index (κ1) is 37.3. The molecule has 0 radical (unpaired) electrons. The van der Waals surface area contributed by atoms with Gasteiger partial charge in [0.05, 0.1) is 25.0 Å². The zero-order valence-corrected chi connectivity index (χ0v) is 29.6. The Bertz CT molecular complexity index is 1830. The molecule has 50 heavy (non-hydrogen) atoms. The number of hydrogen-bond acceptors (Lipinski definition) is 9. The summed E-state index contributed by atoms with van der Waals surface area (Å²) in [6, 6.07) is 21.6. The Kier molecular flexibility index (Phi) is 12.9. The summed E-state index contributed by atoms with van der Waals surface area (Å²) in [7, 11) is -3.78. The average Bonchev–Trinajstić information content (AvgIpc) is 3.74. The van der Waals surface area contributed by atoms with E-state index in [0.29, 0.717) is 48.4 Å². The lowest BCUT2D eigenvalue weighted by atomic mass is 9.89. The van der Waals surface area contributed by atoms with E-state index in [1.165, 1.54) is 4.90 Å². The molecule has 0 spiro atoms. The van der Waals surface area contributed by atoms with E-state index in [-0.39, 0.29) is 44.1 Å². The third kappa shape index (κ3) is 10.3. The Morgan fingerprint density at radius 3 is 2.42 bits per heavy atom. The van der Waals surface area contributed by atoms with Gasteiger partial charge in [0.15, 0.2) is 11.4 Å². The fourth-order valence-electron chi connectivity index (χ4n) is 6.30. The van der Waals surface area contributed by atoms with Gasteiger partial charge >= 0.3 is 0 Å². The van der Waals surface area contributed by atoms with E-state index in [4.69, 9.17) is 26.5 Å². The molecular formula is C37H43ClN4O7S. The summed E-state index contributed by atoms with van der Waals surface area (Å²) in [5.74, 6) is -2.06. The number of aromatic nitrogens is 1. The van der Waals surface area contributed by atoms with Crippen LogP contribution in [0, 0.1) is 5.92 Å². The standard InChI is InChI=1S/C37H43ClN4O7S/c1-50(46,47)41-31(19-16-25-9-3-2-4-10-25)37(45)42-23-29(48-24-26-14-17-28(38)18-15-26)22-32(42)33(43)21-27(11-7-8-20-39)35(44)36-40-30-12-5-6-13-34(30)49-36/h2-6,9-10,12-15,17-18,27,29,31-32,41H,7-8,11,16,19-24,39H2,1H3/t27-,29-,31-,32+/m1/s1. The summed E-state index contributed by atoms with van der Waals surface area (Å²) in [6.07, 6.45) is 2.80. The van der Waals surface area contributed by atoms with E-state index >= 15 is 0 Å². The predicted octanol–water partition coefficient (Wildman–Crippen LogP) is 5.11. The SMILES string of the molecule is CS(=O)(=O)N[C@H](CCc1ccccc1)C(=O)N1C[C@H](OCc2ccc(Cl)cc2)C[C@H]1C(=O)C[C@@H](CCCCN)C(=O)c1nc2ccccc2o1. The molecule has 0 bridgehead atoms. The predicted molar refractivity (Wildman–Crippen MR) is 191 cm³/mol. The Morgan fingerprint density at radius 2 is 1.72 bits per heavy atom. The summed E-state index contributed by atoms with van der Waals surface area (Å²) in [6.45, 7) is 0.738. The number of nitrogens with one attached hydrogen (secondary N) is 1. The molecule has 0 aliphatic carbocycles. The van der Waals surface area contributed by atoms with Gasteiger partial charge < -0.3 is 19.8 Å². The van der Waals surface area contributed by atoms with Gasteiger partial charge in [-0.25, -0.2) is 18.1 Å². The minimum Gasteiger partial charge on any atom is -0.434 e. The zero-order chi connectivity index (χ0) is 35.7. The molecule has 4 atom stereocenters. The van der Waals surface area contributed by atoms with Crippen LogP contribution in [0.25, 0.3) is 11.1 Å². The number of carbonyl (C=O) groups excluding carboxylic acids is 3. The van der Waals surface area contributed by atoms with Crippen molar-refractivity contribution in [3.63, 3.8) is 0 Å². The van der Waals surface area contributed by atoms with E-state index in [1.54, 1.807) is 36.4 Å². The minimum atomic E-state index is -3.78. The van der Waals surface area contributed by atoms with Crippen molar-refractivity contribution in [1.29, 1.82) is 0 Å². The summed E-state index contributed by atoms with van der Waals surface area (Å²) in [5.41, 5.74) is 8.55. The van der Waals surface area contributed by atoms with Crippen LogP contribution in [0.5, 0.6) is 0 Å². The first-order chi connectivity index (χ1) is 24.0. The number of nitrogens with two attached hydrogens (primary N) is 1. The molecule has 0 unspecified atom stereocenters. The highest BCUT2D eigenvalue weighted by Gasteiger charge is 2.43. The largest absolute Gasteiger partial charge is 0.434 e. The molecule has 3 aromatic carbocycles. The van der Waals surface area contributed by atoms with Crippen molar-refractivity contribution in [2.75, 3.05) is 19.3 Å². The monoisotopic (exact) mass is 722 g/mol. The number of carbonyl (C=O) groups is 3. The molecule has 11 nitrogen and oxygen atoms in total. The van der Waals surface area contributed by atoms with Gasteiger partial charge in [0.25, 0.3) is 5.89 Å². The maximum Gasteiger partial charge on any atom is 0.264 e. The number of hydrogen-bond donors (Lipinski definition) is 2. The van der Waals surface area contributed by atoms with Gasteiger partial charge in [-0.15, -0.1) is 0 Å². The van der Waals surface area contributed by atoms with E-state index < -0.39 is 45.8 Å². The number of unbranched alkanes of at least 4 members (excludes halogenated alkanes) is 1. The molecule has 2 heterocycles. The molecule has 1 aliphatic heterocycles. The fraction of sp³-hybridized carbons (Fsp3) is 0.405. The number of aryl methyl sites for hydroxylation is 1. The maximum absolute atomic E-state index is 14.2. The van der Waals surface area contributed by atoms with E-state index in [1.807, 2.05) is 42.5 Å². The van der Waals surface area contributed by atoms with Crippen LogP contribution in [0.15, 0.2) is 83.3 Å². The molecule has 1 amide bonds. The van der Waals surface area contributed by atoms with Crippen molar-refractivity contribution in [3.05, 3.63) is 101 Å². The van der Waals surface area contributed by atoms with Crippen LogP contribution < -0.4 is 10.5 Å². The molecule has 266 valence electrons. The number of benzene rings is 3. The fourth-order valence-corrected chi connectivity index (χ4v) is 7.16. The van der Waals surface area contributed by atoms with Gasteiger partial charge in [-0.2, -0.15) is 0 Å². The number of rotatable bonds is 18. The summed E-state index contributed by atoms with van der Waals surface area (Å²) in [4.78, 5) is 48.0. The normalized spacial score (nSPS) is 17.5. The van der Waals surface area contributed by atoms with Crippen LogP contribution in [0.2, 0.25) is 5.02 Å². The molecule has 1 saturated heterocycles.